The molecular weight excluding hydrogens is 190 g/mol. The van der Waals surface area contributed by atoms with E-state index in [0.29, 0.717) is 0 Å². The molecule has 0 bridgehead atoms. The van der Waals surface area contributed by atoms with Gasteiger partial charge in [-0.05, 0) is 20.3 Å². The van der Waals surface area contributed by atoms with Crippen LogP contribution < -0.4 is 5.32 Å². The van der Waals surface area contributed by atoms with Crippen LogP contribution in [0.2, 0.25) is 0 Å². The van der Waals surface area contributed by atoms with E-state index >= 15 is 0 Å². The van der Waals surface area contributed by atoms with Crippen molar-refractivity contribution in [2.45, 2.75) is 39.3 Å². The van der Waals surface area contributed by atoms with Crippen molar-refractivity contribution in [3.63, 3.8) is 0 Å². The number of hydrogen-bond acceptors (Lipinski definition) is 3. The van der Waals surface area contributed by atoms with Crippen LogP contribution in [0.1, 0.15) is 27.2 Å². The molecule has 0 aliphatic rings. The smallest absolute Gasteiger partial charge is 0.202 e. The van der Waals surface area contributed by atoms with E-state index in [1.165, 1.54) is 0 Å². The van der Waals surface area contributed by atoms with E-state index in [1.54, 1.807) is 7.11 Å². The SMILES string of the molecule is CCCNc1nccn1CC(C)(C)OC. The summed E-state index contributed by atoms with van der Waals surface area (Å²) in [6.07, 6.45) is 4.88. The van der Waals surface area contributed by atoms with Crippen molar-refractivity contribution in [3.05, 3.63) is 12.4 Å². The maximum Gasteiger partial charge on any atom is 0.202 e. The van der Waals surface area contributed by atoms with Gasteiger partial charge >= 0.3 is 0 Å². The number of ether oxygens (including phenoxy) is 1. The molecule has 1 aromatic rings. The summed E-state index contributed by atoms with van der Waals surface area (Å²) in [6, 6.07) is 0. The van der Waals surface area contributed by atoms with Crippen LogP contribution in [-0.4, -0.2) is 28.8 Å². The first kappa shape index (κ1) is 12.0. The van der Waals surface area contributed by atoms with Crippen molar-refractivity contribution in [2.24, 2.45) is 0 Å². The van der Waals surface area contributed by atoms with Crippen molar-refractivity contribution in [2.75, 3.05) is 19.0 Å². The molecule has 0 amide bonds. The van der Waals surface area contributed by atoms with Crippen LogP contribution in [0.25, 0.3) is 0 Å². The van der Waals surface area contributed by atoms with Gasteiger partial charge in [0.1, 0.15) is 0 Å². The lowest BCUT2D eigenvalue weighted by Crippen LogP contribution is -2.29. The summed E-state index contributed by atoms with van der Waals surface area (Å²) >= 11 is 0. The first-order valence-corrected chi connectivity index (χ1v) is 5.39. The molecule has 0 fully saturated rings. The zero-order valence-electron chi connectivity index (χ0n) is 10.1. The maximum absolute atomic E-state index is 5.39. The van der Waals surface area contributed by atoms with Gasteiger partial charge in [0.05, 0.1) is 12.1 Å². The van der Waals surface area contributed by atoms with Crippen LogP contribution in [0.15, 0.2) is 12.4 Å². The van der Waals surface area contributed by atoms with Crippen molar-refractivity contribution in [3.8, 4) is 0 Å². The molecule has 4 nitrogen and oxygen atoms in total. The minimum atomic E-state index is -0.163. The van der Waals surface area contributed by atoms with Gasteiger partial charge in [-0.25, -0.2) is 4.98 Å². The molecule has 4 heteroatoms. The number of nitrogens with one attached hydrogen (secondary N) is 1. The molecule has 1 rings (SSSR count). The fourth-order valence-electron chi connectivity index (χ4n) is 1.32. The number of nitrogens with zero attached hydrogens (tertiary/aromatic N) is 2. The van der Waals surface area contributed by atoms with Gasteiger partial charge in [0.2, 0.25) is 5.95 Å². The largest absolute Gasteiger partial charge is 0.377 e. The fraction of sp³-hybridized carbons (Fsp3) is 0.727. The third kappa shape index (κ3) is 3.55. The highest BCUT2D eigenvalue weighted by Gasteiger charge is 2.18. The highest BCUT2D eigenvalue weighted by Crippen LogP contribution is 2.14. The van der Waals surface area contributed by atoms with E-state index in [0.717, 1.165) is 25.5 Å². The lowest BCUT2D eigenvalue weighted by molar-refractivity contribution is 0.00858. The molecule has 0 aromatic carbocycles. The van der Waals surface area contributed by atoms with E-state index in [2.05, 4.69) is 35.6 Å². The van der Waals surface area contributed by atoms with E-state index in [9.17, 15) is 0 Å². The lowest BCUT2D eigenvalue weighted by atomic mass is 10.1. The van der Waals surface area contributed by atoms with E-state index in [1.807, 2.05) is 12.4 Å². The molecule has 1 N–H and O–H groups in total. The second-order valence-electron chi connectivity index (χ2n) is 4.27. The second kappa shape index (κ2) is 5.16. The average Bonchev–Trinajstić information content (AvgIpc) is 2.62. The van der Waals surface area contributed by atoms with Crippen LogP contribution in [0, 0.1) is 0 Å². The van der Waals surface area contributed by atoms with Crippen LogP contribution >= 0.6 is 0 Å². The van der Waals surface area contributed by atoms with Gasteiger partial charge in [-0.1, -0.05) is 6.92 Å². The van der Waals surface area contributed by atoms with E-state index in [-0.39, 0.29) is 5.60 Å². The molecule has 0 unspecified atom stereocenters. The Balaban J connectivity index is 2.64. The van der Waals surface area contributed by atoms with Gasteiger partial charge < -0.3 is 14.6 Å². The molecular formula is C11H21N3O. The first-order valence-electron chi connectivity index (χ1n) is 5.39. The molecule has 1 heterocycles. The third-order valence-electron chi connectivity index (χ3n) is 2.35. The number of methoxy groups -OCH3 is 1. The Morgan fingerprint density at radius 2 is 2.27 bits per heavy atom. The fourth-order valence-corrected chi connectivity index (χ4v) is 1.32. The van der Waals surface area contributed by atoms with Crippen molar-refractivity contribution >= 4 is 5.95 Å². The van der Waals surface area contributed by atoms with Crippen molar-refractivity contribution < 1.29 is 4.74 Å². The summed E-state index contributed by atoms with van der Waals surface area (Å²) in [6.45, 7) is 8.02. The summed E-state index contributed by atoms with van der Waals surface area (Å²) in [5.74, 6) is 0.918. The Morgan fingerprint density at radius 1 is 1.53 bits per heavy atom. The normalized spacial score (nSPS) is 11.7. The van der Waals surface area contributed by atoms with Crippen LogP contribution in [0.4, 0.5) is 5.95 Å². The first-order chi connectivity index (χ1) is 7.09. The molecule has 0 saturated heterocycles. The molecule has 86 valence electrons. The standard InChI is InChI=1S/C11H21N3O/c1-5-6-12-10-13-7-8-14(10)9-11(2,3)15-4/h7-8H,5-6,9H2,1-4H3,(H,12,13). The number of imidazole rings is 1. The molecule has 0 aliphatic carbocycles. The quantitative estimate of drug-likeness (QED) is 0.783. The molecule has 15 heavy (non-hydrogen) atoms. The highest BCUT2D eigenvalue weighted by atomic mass is 16.5. The van der Waals surface area contributed by atoms with Gasteiger partial charge in [-0.15, -0.1) is 0 Å². The minimum absolute atomic E-state index is 0.163. The van der Waals surface area contributed by atoms with Gasteiger partial charge in [-0.3, -0.25) is 0 Å². The summed E-state index contributed by atoms with van der Waals surface area (Å²) in [7, 11) is 1.73. The summed E-state index contributed by atoms with van der Waals surface area (Å²) in [4.78, 5) is 4.27. The monoisotopic (exact) mass is 211 g/mol. The Kier molecular flexibility index (Phi) is 4.15. The zero-order valence-corrected chi connectivity index (χ0v) is 10.1. The topological polar surface area (TPSA) is 39.1 Å². The van der Waals surface area contributed by atoms with Crippen molar-refractivity contribution in [1.29, 1.82) is 0 Å². The Morgan fingerprint density at radius 3 is 2.87 bits per heavy atom. The lowest BCUT2D eigenvalue weighted by Gasteiger charge is -2.24. The molecule has 0 saturated carbocycles. The van der Waals surface area contributed by atoms with Crippen LogP contribution in [0.3, 0.4) is 0 Å². The zero-order chi connectivity index (χ0) is 11.3. The number of aromatic nitrogens is 2. The van der Waals surface area contributed by atoms with Gasteiger partial charge in [0, 0.05) is 26.0 Å². The Hall–Kier alpha value is -1.03. The van der Waals surface area contributed by atoms with Crippen LogP contribution in [0.5, 0.6) is 0 Å². The number of rotatable bonds is 6. The molecule has 0 radical (unpaired) electrons. The summed E-state index contributed by atoms with van der Waals surface area (Å²) in [5.41, 5.74) is -0.163. The number of hydrogen-bond donors (Lipinski definition) is 1. The van der Waals surface area contributed by atoms with Crippen LogP contribution in [-0.2, 0) is 11.3 Å². The number of anilines is 1. The van der Waals surface area contributed by atoms with Crippen molar-refractivity contribution in [1.82, 2.24) is 9.55 Å². The third-order valence-corrected chi connectivity index (χ3v) is 2.35. The maximum atomic E-state index is 5.39. The average molecular weight is 211 g/mol. The Bertz CT molecular complexity index is 294. The van der Waals surface area contributed by atoms with Gasteiger partial charge in [-0.2, -0.15) is 0 Å². The minimum Gasteiger partial charge on any atom is -0.377 e. The highest BCUT2D eigenvalue weighted by molar-refractivity contribution is 5.25. The second-order valence-corrected chi connectivity index (χ2v) is 4.27. The summed E-state index contributed by atoms with van der Waals surface area (Å²) in [5, 5.41) is 3.29. The molecule has 1 aromatic heterocycles. The van der Waals surface area contributed by atoms with E-state index in [4.69, 9.17) is 4.74 Å². The predicted octanol–water partition coefficient (Wildman–Crippen LogP) is 2.13. The van der Waals surface area contributed by atoms with E-state index < -0.39 is 0 Å². The Labute approximate surface area is 91.7 Å². The molecule has 0 aliphatic heterocycles. The van der Waals surface area contributed by atoms with Gasteiger partial charge in [0.15, 0.2) is 0 Å². The summed E-state index contributed by atoms with van der Waals surface area (Å²) < 4.78 is 7.48. The molecule has 0 spiro atoms. The van der Waals surface area contributed by atoms with Gasteiger partial charge in [0.25, 0.3) is 0 Å². The molecule has 0 atom stereocenters. The predicted molar refractivity (Wildman–Crippen MR) is 62.1 cm³/mol.